The number of fused-ring (bicyclic) bond motifs is 4. The molecule has 6 aromatic rings. The van der Waals surface area contributed by atoms with Gasteiger partial charge in [-0.1, -0.05) is 241 Å². The van der Waals surface area contributed by atoms with Gasteiger partial charge in [0.25, 0.3) is 0 Å². The fourth-order valence-corrected chi connectivity index (χ4v) is 21.2. The van der Waals surface area contributed by atoms with Crippen LogP contribution in [0, 0.1) is 0 Å². The van der Waals surface area contributed by atoms with Gasteiger partial charge in [0.05, 0.1) is 32.3 Å². The smallest absolute Gasteiger partial charge is 0.0652 e. The molecule has 7 aliphatic rings. The molecule has 0 radical (unpaired) electrons. The van der Waals surface area contributed by atoms with Crippen LogP contribution in [-0.2, 0) is 24.2 Å². The highest BCUT2D eigenvalue weighted by Crippen LogP contribution is 2.66. The molecular formula is C52H60Si4. The topological polar surface area (TPSA) is 0 Å². The van der Waals surface area contributed by atoms with Gasteiger partial charge in [0, 0.05) is 0 Å². The van der Waals surface area contributed by atoms with Gasteiger partial charge < -0.3 is 0 Å². The third kappa shape index (κ3) is 6.95. The molecule has 0 saturated heterocycles. The van der Waals surface area contributed by atoms with Gasteiger partial charge >= 0.3 is 0 Å². The highest BCUT2D eigenvalue weighted by atomic mass is 28.3. The van der Waals surface area contributed by atoms with Crippen molar-refractivity contribution in [2.24, 2.45) is 0 Å². The Labute approximate surface area is 341 Å². The quantitative estimate of drug-likeness (QED) is 0.134. The second-order valence-electron chi connectivity index (χ2n) is 20.5. The molecular weight excluding hydrogens is 737 g/mol. The summed E-state index contributed by atoms with van der Waals surface area (Å²) in [6, 6.07) is 64.4. The fraction of sp³-hybridized carbons (Fsp3) is 0.308. The van der Waals surface area contributed by atoms with Crippen LogP contribution >= 0.6 is 0 Å². The van der Waals surface area contributed by atoms with Crippen LogP contribution in [0.1, 0.15) is 68.2 Å². The standard InChI is InChI=1S/C52H60Si4/c1-53(2)33-37-11-9-12-38(31-37)34-54(3,4)46-25-17-42(18-26-46)50-49(41-15-23-45(53)24-16-41)51-43-19-27-47(28-20-43)55(5,6)35-39-13-10-14-40(32-39)36-56(7,8)48-29-21-44(22-30-48)52(50)51/h9-32,49-52H,33-36H2,1-8H3. The molecule has 0 aromatic heterocycles. The molecule has 1 fully saturated rings. The first kappa shape index (κ1) is 37.7. The largest absolute Gasteiger partial charge is 0.0849 e. The van der Waals surface area contributed by atoms with Crippen LogP contribution < -0.4 is 20.7 Å². The summed E-state index contributed by atoms with van der Waals surface area (Å²) in [5.74, 6) is 1.63. The average Bonchev–Trinajstić information content (AvgIpc) is 3.14. The molecule has 13 rings (SSSR count). The highest BCUT2D eigenvalue weighted by Gasteiger charge is 2.53. The van der Waals surface area contributed by atoms with Crippen molar-refractivity contribution in [1.82, 2.24) is 0 Å². The van der Waals surface area contributed by atoms with E-state index in [1.165, 1.54) is 68.7 Å². The Bertz CT molecular complexity index is 2030. The van der Waals surface area contributed by atoms with Crippen molar-refractivity contribution >= 4 is 53.0 Å². The first-order valence-electron chi connectivity index (χ1n) is 21.2. The minimum atomic E-state index is -1.72. The lowest BCUT2D eigenvalue weighted by Crippen LogP contribution is -2.45. The van der Waals surface area contributed by atoms with Crippen LogP contribution in [0.5, 0.6) is 0 Å². The molecule has 56 heavy (non-hydrogen) atoms. The summed E-state index contributed by atoms with van der Waals surface area (Å²) in [5.41, 5.74) is 12.1. The van der Waals surface area contributed by atoms with Crippen molar-refractivity contribution in [3.05, 3.63) is 190 Å². The Morgan fingerprint density at radius 1 is 0.286 bits per heavy atom. The molecule has 0 unspecified atom stereocenters. The lowest BCUT2D eigenvalue weighted by Gasteiger charge is -2.54. The number of hydrogen-bond donors (Lipinski definition) is 0. The Kier molecular flexibility index (Phi) is 9.39. The van der Waals surface area contributed by atoms with E-state index in [-0.39, 0.29) is 0 Å². The second kappa shape index (κ2) is 13.9. The van der Waals surface area contributed by atoms with Crippen molar-refractivity contribution in [2.75, 3.05) is 0 Å². The molecule has 6 heterocycles. The van der Waals surface area contributed by atoms with Crippen molar-refractivity contribution in [3.63, 3.8) is 0 Å². The summed E-state index contributed by atoms with van der Waals surface area (Å²) >= 11 is 0. The zero-order chi connectivity index (χ0) is 39.0. The summed E-state index contributed by atoms with van der Waals surface area (Å²) in [6.45, 7) is 20.6. The summed E-state index contributed by atoms with van der Waals surface area (Å²) < 4.78 is 0. The zero-order valence-corrected chi connectivity index (χ0v) is 39.0. The monoisotopic (exact) mass is 796 g/mol. The predicted molar refractivity (Wildman–Crippen MR) is 253 cm³/mol. The molecule has 12 bridgehead atoms. The fourth-order valence-electron chi connectivity index (χ4n) is 11.2. The first-order chi connectivity index (χ1) is 26.7. The highest BCUT2D eigenvalue weighted by molar-refractivity contribution is 6.90. The van der Waals surface area contributed by atoms with Crippen LogP contribution in [0.15, 0.2) is 146 Å². The van der Waals surface area contributed by atoms with Gasteiger partial charge in [-0.25, -0.2) is 0 Å². The average molecular weight is 797 g/mol. The van der Waals surface area contributed by atoms with E-state index in [1.807, 2.05) is 0 Å². The number of hydrogen-bond acceptors (Lipinski definition) is 0. The molecule has 284 valence electrons. The van der Waals surface area contributed by atoms with E-state index in [2.05, 4.69) is 198 Å². The molecule has 6 aliphatic heterocycles. The van der Waals surface area contributed by atoms with E-state index in [9.17, 15) is 0 Å². The third-order valence-corrected chi connectivity index (χ3v) is 27.2. The van der Waals surface area contributed by atoms with Gasteiger partial charge in [0.15, 0.2) is 0 Å². The second-order valence-corrected chi connectivity index (χ2v) is 39.3. The zero-order valence-electron chi connectivity index (χ0n) is 35.0. The van der Waals surface area contributed by atoms with Crippen molar-refractivity contribution in [1.29, 1.82) is 0 Å². The summed E-state index contributed by atoms with van der Waals surface area (Å²) in [4.78, 5) is 0. The Balaban J connectivity index is 1.22. The molecule has 0 amide bonds. The number of benzene rings is 6. The minimum Gasteiger partial charge on any atom is -0.0652 e. The van der Waals surface area contributed by atoms with Crippen molar-refractivity contribution in [2.45, 2.75) is 100 Å². The van der Waals surface area contributed by atoms with Gasteiger partial charge in [0.1, 0.15) is 0 Å². The van der Waals surface area contributed by atoms with Gasteiger partial charge in [-0.05, 0) is 70.1 Å². The van der Waals surface area contributed by atoms with E-state index in [0.29, 0.717) is 23.7 Å². The van der Waals surface area contributed by atoms with E-state index in [4.69, 9.17) is 0 Å². The molecule has 4 heteroatoms. The maximum absolute atomic E-state index is 2.57. The van der Waals surface area contributed by atoms with Crippen molar-refractivity contribution < 1.29 is 0 Å². The molecule has 1 aliphatic carbocycles. The lowest BCUT2D eigenvalue weighted by molar-refractivity contribution is 0.229. The predicted octanol–water partition coefficient (Wildman–Crippen LogP) is 10.6. The lowest BCUT2D eigenvalue weighted by atomic mass is 9.49. The molecule has 0 atom stereocenters. The maximum Gasteiger partial charge on any atom is 0.0849 e. The van der Waals surface area contributed by atoms with Crippen LogP contribution in [0.25, 0.3) is 0 Å². The molecule has 1 saturated carbocycles. The normalized spacial score (nSPS) is 24.0. The van der Waals surface area contributed by atoms with Crippen molar-refractivity contribution in [3.8, 4) is 0 Å². The molecule has 0 N–H and O–H groups in total. The maximum atomic E-state index is 2.57. The van der Waals surface area contributed by atoms with Gasteiger partial charge in [-0.2, -0.15) is 0 Å². The minimum absolute atomic E-state index is 0.408. The van der Waals surface area contributed by atoms with Gasteiger partial charge in [-0.3, -0.25) is 0 Å². The summed E-state index contributed by atoms with van der Waals surface area (Å²) in [6.07, 6.45) is 0. The molecule has 0 nitrogen and oxygen atoms in total. The number of rotatable bonds is 0. The first-order valence-corrected chi connectivity index (χ1v) is 34.1. The Hall–Kier alpha value is -3.81. The Morgan fingerprint density at radius 2 is 0.482 bits per heavy atom. The Morgan fingerprint density at radius 3 is 0.679 bits per heavy atom. The van der Waals surface area contributed by atoms with Gasteiger partial charge in [-0.15, -0.1) is 0 Å². The van der Waals surface area contributed by atoms with Crippen LogP contribution in [0.3, 0.4) is 0 Å². The van der Waals surface area contributed by atoms with E-state index in [1.54, 1.807) is 20.7 Å². The molecule has 0 spiro atoms. The van der Waals surface area contributed by atoms with Crippen LogP contribution in [0.2, 0.25) is 52.4 Å². The summed E-state index contributed by atoms with van der Waals surface area (Å²) in [7, 11) is -6.89. The summed E-state index contributed by atoms with van der Waals surface area (Å²) in [5, 5.41) is 6.28. The van der Waals surface area contributed by atoms with Crippen LogP contribution in [-0.4, -0.2) is 32.3 Å². The van der Waals surface area contributed by atoms with E-state index >= 15 is 0 Å². The molecule has 6 aromatic carbocycles. The van der Waals surface area contributed by atoms with Crippen LogP contribution in [0.4, 0.5) is 0 Å². The van der Waals surface area contributed by atoms with E-state index in [0.717, 1.165) is 0 Å². The SMILES string of the molecule is C[Si]1(C)Cc2cccc(c2)C[Si](C)(C)c2ccc(cc2)C2C(c3ccc1cc3)C1c3ccc(cc3)[Si](C)(C)Cc3cccc(c3)C[Si](C)(C)c3ccc(cc3)C21. The third-order valence-electron chi connectivity index (χ3n) is 14.4. The van der Waals surface area contributed by atoms with Gasteiger partial charge in [0.2, 0.25) is 0 Å². The van der Waals surface area contributed by atoms with E-state index < -0.39 is 32.3 Å².